The molecule has 0 N–H and O–H groups in total. The van der Waals surface area contributed by atoms with E-state index in [-0.39, 0.29) is 5.82 Å². The molecular formula is C16H10BrCl2FN2. The van der Waals surface area contributed by atoms with Crippen molar-refractivity contribution in [2.75, 3.05) is 0 Å². The first-order valence-corrected chi connectivity index (χ1v) is 8.00. The first-order chi connectivity index (χ1) is 10.5. The maximum atomic E-state index is 13.5. The molecule has 6 heteroatoms. The van der Waals surface area contributed by atoms with Gasteiger partial charge in [0.15, 0.2) is 0 Å². The van der Waals surface area contributed by atoms with Crippen LogP contribution in [-0.4, -0.2) is 9.55 Å². The summed E-state index contributed by atoms with van der Waals surface area (Å²) < 4.78 is 16.1. The second kappa shape index (κ2) is 6.41. The zero-order chi connectivity index (χ0) is 15.7. The summed E-state index contributed by atoms with van der Waals surface area (Å²) in [4.78, 5) is 4.34. The molecule has 2 aromatic carbocycles. The van der Waals surface area contributed by atoms with Crippen molar-refractivity contribution in [2.45, 2.75) is 6.54 Å². The Morgan fingerprint density at radius 2 is 2.00 bits per heavy atom. The lowest BCUT2D eigenvalue weighted by molar-refractivity contribution is 0.622. The zero-order valence-electron chi connectivity index (χ0n) is 11.2. The summed E-state index contributed by atoms with van der Waals surface area (Å²) in [5.41, 5.74) is 1.57. The summed E-state index contributed by atoms with van der Waals surface area (Å²) in [5, 5.41) is 0.930. The van der Waals surface area contributed by atoms with Gasteiger partial charge < -0.3 is 4.57 Å². The van der Waals surface area contributed by atoms with Crippen LogP contribution in [0.2, 0.25) is 10.0 Å². The highest BCUT2D eigenvalue weighted by Gasteiger charge is 2.12. The Balaban J connectivity index is 2.00. The molecule has 22 heavy (non-hydrogen) atoms. The highest BCUT2D eigenvalue weighted by Crippen LogP contribution is 2.32. The molecule has 1 aromatic heterocycles. The quantitative estimate of drug-likeness (QED) is 0.543. The van der Waals surface area contributed by atoms with Crippen LogP contribution in [0.1, 0.15) is 5.56 Å². The predicted molar refractivity (Wildman–Crippen MR) is 90.9 cm³/mol. The molecule has 1 heterocycles. The van der Waals surface area contributed by atoms with Crippen LogP contribution in [0.5, 0.6) is 0 Å². The topological polar surface area (TPSA) is 17.8 Å². The smallest absolute Gasteiger partial charge is 0.141 e. The number of nitrogens with zero attached hydrogens (tertiary/aromatic N) is 2. The van der Waals surface area contributed by atoms with Gasteiger partial charge in [0.2, 0.25) is 0 Å². The number of benzene rings is 2. The van der Waals surface area contributed by atoms with E-state index in [0.717, 1.165) is 11.1 Å². The molecule has 0 amide bonds. The van der Waals surface area contributed by atoms with E-state index in [0.29, 0.717) is 26.9 Å². The molecule has 0 atom stereocenters. The number of hydrogen-bond acceptors (Lipinski definition) is 1. The van der Waals surface area contributed by atoms with E-state index < -0.39 is 0 Å². The minimum Gasteiger partial charge on any atom is -0.327 e. The fourth-order valence-corrected chi connectivity index (χ4v) is 3.15. The minimum atomic E-state index is -0.285. The Hall–Kier alpha value is -1.36. The van der Waals surface area contributed by atoms with E-state index in [1.165, 1.54) is 12.1 Å². The van der Waals surface area contributed by atoms with Crippen LogP contribution in [-0.2, 0) is 6.54 Å². The molecule has 0 fully saturated rings. The summed E-state index contributed by atoms with van der Waals surface area (Å²) in [7, 11) is 0. The van der Waals surface area contributed by atoms with Crippen molar-refractivity contribution in [3.8, 4) is 11.4 Å². The molecule has 0 spiro atoms. The van der Waals surface area contributed by atoms with Crippen LogP contribution in [0.4, 0.5) is 4.39 Å². The predicted octanol–water partition coefficient (Wildman–Crippen LogP) is 5.81. The molecule has 0 radical (unpaired) electrons. The molecule has 0 aliphatic heterocycles. The molecule has 0 aliphatic carbocycles. The maximum Gasteiger partial charge on any atom is 0.141 e. The summed E-state index contributed by atoms with van der Waals surface area (Å²) in [5.74, 6) is 0.403. The van der Waals surface area contributed by atoms with Gasteiger partial charge >= 0.3 is 0 Å². The second-order valence-corrected chi connectivity index (χ2v) is 6.46. The lowest BCUT2D eigenvalue weighted by Gasteiger charge is -2.10. The van der Waals surface area contributed by atoms with Crippen molar-refractivity contribution in [1.82, 2.24) is 9.55 Å². The average molecular weight is 400 g/mol. The fraction of sp³-hybridized carbons (Fsp3) is 0.0625. The number of imidazole rings is 1. The number of hydrogen-bond donors (Lipinski definition) is 0. The van der Waals surface area contributed by atoms with Gasteiger partial charge in [-0.05, 0) is 35.9 Å². The summed E-state index contributed by atoms with van der Waals surface area (Å²) in [6.07, 6.45) is 3.51. The van der Waals surface area contributed by atoms with Gasteiger partial charge in [-0.2, -0.15) is 0 Å². The van der Waals surface area contributed by atoms with Gasteiger partial charge in [0, 0.05) is 29.0 Å². The molecule has 3 rings (SSSR count). The number of aromatic nitrogens is 2. The summed E-state index contributed by atoms with van der Waals surface area (Å²) >= 11 is 15.6. The van der Waals surface area contributed by atoms with Gasteiger partial charge in [-0.25, -0.2) is 9.37 Å². The molecule has 112 valence electrons. The molecule has 0 aliphatic rings. The molecule has 0 saturated carbocycles. The highest BCUT2D eigenvalue weighted by molar-refractivity contribution is 9.10. The van der Waals surface area contributed by atoms with Crippen LogP contribution in [0.15, 0.2) is 53.3 Å². The van der Waals surface area contributed by atoms with E-state index >= 15 is 0 Å². The molecule has 2 nitrogen and oxygen atoms in total. The number of halogens is 4. The van der Waals surface area contributed by atoms with Crippen molar-refractivity contribution in [3.05, 3.63) is 74.7 Å². The Bertz CT molecular complexity index is 813. The summed E-state index contributed by atoms with van der Waals surface area (Å²) in [6.45, 7) is 0.481. The highest BCUT2D eigenvalue weighted by atomic mass is 79.9. The molecule has 0 saturated heterocycles. The third kappa shape index (κ3) is 3.19. The van der Waals surface area contributed by atoms with Gasteiger partial charge in [0.1, 0.15) is 11.6 Å². The van der Waals surface area contributed by atoms with E-state index in [4.69, 9.17) is 23.2 Å². The van der Waals surface area contributed by atoms with Gasteiger partial charge in [0.25, 0.3) is 0 Å². The second-order valence-electron chi connectivity index (χ2n) is 4.76. The Morgan fingerprint density at radius 3 is 2.77 bits per heavy atom. The maximum absolute atomic E-state index is 13.5. The van der Waals surface area contributed by atoms with Crippen LogP contribution in [0, 0.1) is 5.82 Å². The Morgan fingerprint density at radius 1 is 1.18 bits per heavy atom. The normalized spacial score (nSPS) is 10.9. The van der Waals surface area contributed by atoms with E-state index in [1.54, 1.807) is 12.3 Å². The van der Waals surface area contributed by atoms with Crippen molar-refractivity contribution in [2.24, 2.45) is 0 Å². The van der Waals surface area contributed by atoms with Crippen LogP contribution in [0.25, 0.3) is 11.4 Å². The average Bonchev–Trinajstić information content (AvgIpc) is 2.88. The minimum absolute atomic E-state index is 0.285. The van der Waals surface area contributed by atoms with Crippen molar-refractivity contribution in [1.29, 1.82) is 0 Å². The first-order valence-electron chi connectivity index (χ1n) is 6.45. The largest absolute Gasteiger partial charge is 0.327 e. The van der Waals surface area contributed by atoms with Crippen molar-refractivity contribution < 1.29 is 4.39 Å². The van der Waals surface area contributed by atoms with Gasteiger partial charge in [-0.3, -0.25) is 0 Å². The lowest BCUT2D eigenvalue weighted by atomic mass is 10.2. The van der Waals surface area contributed by atoms with Crippen LogP contribution >= 0.6 is 39.1 Å². The molecule has 0 bridgehead atoms. The fourth-order valence-electron chi connectivity index (χ4n) is 2.26. The van der Waals surface area contributed by atoms with Crippen LogP contribution < -0.4 is 0 Å². The van der Waals surface area contributed by atoms with E-state index in [9.17, 15) is 4.39 Å². The number of rotatable bonds is 3. The van der Waals surface area contributed by atoms with Gasteiger partial charge in [0.05, 0.1) is 10.0 Å². The SMILES string of the molecule is Fc1cc(Br)cc(Cn2ccnc2-c2cccc(Cl)c2Cl)c1. The van der Waals surface area contributed by atoms with Crippen molar-refractivity contribution >= 4 is 39.1 Å². The van der Waals surface area contributed by atoms with Gasteiger partial charge in [-0.15, -0.1) is 0 Å². The Kier molecular flexibility index (Phi) is 4.52. The summed E-state index contributed by atoms with van der Waals surface area (Å²) in [6, 6.07) is 10.2. The lowest BCUT2D eigenvalue weighted by Crippen LogP contribution is -2.02. The third-order valence-corrected chi connectivity index (χ3v) is 4.46. The zero-order valence-corrected chi connectivity index (χ0v) is 14.3. The van der Waals surface area contributed by atoms with E-state index in [1.807, 2.05) is 29.0 Å². The first kappa shape index (κ1) is 15.5. The monoisotopic (exact) mass is 398 g/mol. The standard InChI is InChI=1S/C16H10BrCl2FN2/c17-11-6-10(7-12(20)8-11)9-22-5-4-21-16(22)13-2-1-3-14(18)15(13)19/h1-8H,9H2. The molecule has 3 aromatic rings. The van der Waals surface area contributed by atoms with Crippen molar-refractivity contribution in [3.63, 3.8) is 0 Å². The molecular weight excluding hydrogens is 390 g/mol. The van der Waals surface area contributed by atoms with Crippen LogP contribution in [0.3, 0.4) is 0 Å². The Labute approximate surface area is 145 Å². The van der Waals surface area contributed by atoms with Gasteiger partial charge in [-0.1, -0.05) is 45.2 Å². The molecule has 0 unspecified atom stereocenters. The third-order valence-electron chi connectivity index (χ3n) is 3.18. The van der Waals surface area contributed by atoms with E-state index in [2.05, 4.69) is 20.9 Å².